The Balaban J connectivity index is 0.981. The number of aromatic amines is 1. The number of methoxy groups -OCH3 is 1. The van der Waals surface area contributed by atoms with E-state index in [4.69, 9.17) is 14.5 Å². The van der Waals surface area contributed by atoms with Gasteiger partial charge in [-0.3, -0.25) is 14.7 Å². The van der Waals surface area contributed by atoms with Gasteiger partial charge >= 0.3 is 12.2 Å². The monoisotopic (exact) mass is 709 g/mol. The quantitative estimate of drug-likeness (QED) is 0.239. The zero-order valence-corrected chi connectivity index (χ0v) is 31.0. The molecule has 1 aliphatic carbocycles. The van der Waals surface area contributed by atoms with Crippen molar-refractivity contribution in [3.63, 3.8) is 0 Å². The van der Waals surface area contributed by atoms with Gasteiger partial charge in [0.15, 0.2) is 0 Å². The molecule has 3 aromatic rings. The molecule has 1 saturated carbocycles. The lowest BCUT2D eigenvalue weighted by Gasteiger charge is -2.36. The number of hydrogen-bond acceptors (Lipinski definition) is 8. The summed E-state index contributed by atoms with van der Waals surface area (Å²) in [4.78, 5) is 55.5. The molecule has 1 unspecified atom stereocenters. The van der Waals surface area contributed by atoms with E-state index in [-0.39, 0.29) is 42.1 Å². The van der Waals surface area contributed by atoms with Crippen LogP contribution < -0.4 is 10.6 Å². The Morgan fingerprint density at radius 2 is 1.65 bits per heavy atom. The van der Waals surface area contributed by atoms with E-state index in [1.54, 1.807) is 0 Å². The molecule has 2 saturated heterocycles. The van der Waals surface area contributed by atoms with E-state index in [0.717, 1.165) is 71.7 Å². The highest BCUT2D eigenvalue weighted by Gasteiger charge is 2.52. The van der Waals surface area contributed by atoms with Gasteiger partial charge in [0.1, 0.15) is 23.3 Å². The number of aromatic nitrogens is 2. The van der Waals surface area contributed by atoms with E-state index < -0.39 is 17.7 Å². The molecule has 12 nitrogen and oxygen atoms in total. The van der Waals surface area contributed by atoms with Crippen molar-refractivity contribution in [1.82, 2.24) is 30.4 Å². The van der Waals surface area contributed by atoms with Crippen molar-refractivity contribution in [2.24, 2.45) is 16.8 Å². The molecule has 52 heavy (non-hydrogen) atoms. The number of benzene rings is 2. The zero-order chi connectivity index (χ0) is 36.7. The van der Waals surface area contributed by atoms with Crippen LogP contribution in [0.4, 0.5) is 9.59 Å². The Bertz CT molecular complexity index is 1810. The first-order valence-corrected chi connectivity index (χ1v) is 18.6. The fourth-order valence-corrected chi connectivity index (χ4v) is 8.34. The molecule has 3 amide bonds. The molecule has 0 radical (unpaired) electrons. The number of nitrogens with one attached hydrogen (secondary N) is 3. The number of carbonyl (C=O) groups is 3. The predicted octanol–water partition coefficient (Wildman–Crippen LogP) is 6.62. The van der Waals surface area contributed by atoms with E-state index >= 15 is 0 Å². The number of amides is 3. The standard InChI is InChI=1S/C40H51N7O5/c1-23(2)33(45-38(49)51-6)37(48)46-19-7-8-32(46)35-41-21-30(43-35)26-13-9-24(10-14-26)25-11-15-27(16-12-25)31-22-42-36(44-31)34-28-17-18-29(20-28)47(34)39(50)52-40(3,4)5/h9-16,21,23,28-29,31-34H,7-8,17-20,22H2,1-6H3,(H,41,43)(H,42,44)(H,45,49)/t28-,29+,31?,32-,33-,34-/m0/s1. The van der Waals surface area contributed by atoms with E-state index in [0.29, 0.717) is 19.0 Å². The minimum atomic E-state index is -0.673. The largest absolute Gasteiger partial charge is 0.453 e. The van der Waals surface area contributed by atoms with Crippen molar-refractivity contribution >= 4 is 23.9 Å². The van der Waals surface area contributed by atoms with Gasteiger partial charge in [0.25, 0.3) is 0 Å². The maximum atomic E-state index is 13.5. The lowest BCUT2D eigenvalue weighted by atomic mass is 9.97. The van der Waals surface area contributed by atoms with E-state index in [2.05, 4.69) is 69.1 Å². The van der Waals surface area contributed by atoms with Crippen LogP contribution in [-0.4, -0.2) is 87.6 Å². The number of rotatable bonds is 8. The van der Waals surface area contributed by atoms with Gasteiger partial charge in [-0.25, -0.2) is 14.6 Å². The molecule has 1 aromatic heterocycles. The molecule has 7 rings (SSSR count). The van der Waals surface area contributed by atoms with Crippen molar-refractivity contribution < 1.29 is 23.9 Å². The van der Waals surface area contributed by atoms with Crippen LogP contribution in [0, 0.1) is 11.8 Å². The number of hydrogen-bond donors (Lipinski definition) is 3. The minimum Gasteiger partial charge on any atom is -0.453 e. The number of H-pyrrole nitrogens is 1. The third-order valence-electron chi connectivity index (χ3n) is 10.9. The van der Waals surface area contributed by atoms with Crippen molar-refractivity contribution in [1.29, 1.82) is 0 Å². The average Bonchev–Trinajstić information content (AvgIpc) is 3.97. The van der Waals surface area contributed by atoms with Crippen LogP contribution in [-0.2, 0) is 14.3 Å². The maximum absolute atomic E-state index is 13.5. The summed E-state index contributed by atoms with van der Waals surface area (Å²) in [5.74, 6) is 1.85. The smallest absolute Gasteiger partial charge is 0.411 e. The summed E-state index contributed by atoms with van der Waals surface area (Å²) >= 11 is 0. The van der Waals surface area contributed by atoms with Gasteiger partial charge < -0.3 is 30.0 Å². The van der Waals surface area contributed by atoms with E-state index in [1.165, 1.54) is 7.11 Å². The van der Waals surface area contributed by atoms with Crippen molar-refractivity contribution in [2.75, 3.05) is 20.2 Å². The average molecular weight is 710 g/mol. The summed E-state index contributed by atoms with van der Waals surface area (Å²) in [6, 6.07) is 16.4. The van der Waals surface area contributed by atoms with Crippen LogP contribution in [0.3, 0.4) is 0 Å². The highest BCUT2D eigenvalue weighted by Crippen LogP contribution is 2.44. The van der Waals surface area contributed by atoms with Gasteiger partial charge in [-0.15, -0.1) is 0 Å². The third kappa shape index (κ3) is 7.12. The number of piperidine rings is 1. The molecule has 3 aliphatic heterocycles. The molecular weight excluding hydrogens is 658 g/mol. The van der Waals surface area contributed by atoms with Crippen molar-refractivity contribution in [3.05, 3.63) is 66.1 Å². The summed E-state index contributed by atoms with van der Waals surface area (Å²) in [6.45, 7) is 10.8. The number of amidine groups is 1. The van der Waals surface area contributed by atoms with E-state index in [9.17, 15) is 14.4 Å². The number of nitrogens with zero attached hydrogens (tertiary/aromatic N) is 4. The van der Waals surface area contributed by atoms with Gasteiger partial charge in [0.2, 0.25) is 5.91 Å². The first-order chi connectivity index (χ1) is 24.9. The number of imidazole rings is 1. The maximum Gasteiger partial charge on any atom is 0.411 e. The molecule has 6 atom stereocenters. The van der Waals surface area contributed by atoms with E-state index in [1.807, 2.05) is 50.6 Å². The fourth-order valence-electron chi connectivity index (χ4n) is 8.34. The first kappa shape index (κ1) is 35.5. The van der Waals surface area contributed by atoms with Crippen molar-refractivity contribution in [2.45, 2.75) is 103 Å². The predicted molar refractivity (Wildman–Crippen MR) is 198 cm³/mol. The van der Waals surface area contributed by atoms with Crippen LogP contribution in [0.25, 0.3) is 22.4 Å². The molecule has 3 N–H and O–H groups in total. The summed E-state index contributed by atoms with van der Waals surface area (Å²) in [5, 5.41) is 6.37. The van der Waals surface area contributed by atoms with Gasteiger partial charge in [-0.1, -0.05) is 62.4 Å². The topological polar surface area (TPSA) is 141 Å². The van der Waals surface area contributed by atoms with Crippen LogP contribution in [0.1, 0.15) is 90.2 Å². The van der Waals surface area contributed by atoms with Gasteiger partial charge in [0, 0.05) is 12.6 Å². The van der Waals surface area contributed by atoms with Gasteiger partial charge in [-0.2, -0.15) is 0 Å². The highest BCUT2D eigenvalue weighted by molar-refractivity contribution is 5.93. The number of aliphatic imine (C=N–C) groups is 1. The van der Waals surface area contributed by atoms with Crippen LogP contribution in [0.5, 0.6) is 0 Å². The molecule has 4 heterocycles. The Morgan fingerprint density at radius 3 is 2.33 bits per heavy atom. The second-order valence-electron chi connectivity index (χ2n) is 15.9. The Morgan fingerprint density at radius 1 is 0.962 bits per heavy atom. The van der Waals surface area contributed by atoms with Gasteiger partial charge in [-0.05, 0) is 87.0 Å². The molecule has 2 bridgehead atoms. The lowest BCUT2D eigenvalue weighted by Crippen LogP contribution is -2.53. The number of ether oxygens (including phenoxy) is 2. The van der Waals surface area contributed by atoms with Crippen LogP contribution >= 0.6 is 0 Å². The lowest BCUT2D eigenvalue weighted by molar-refractivity contribution is -0.135. The molecule has 3 fully saturated rings. The van der Waals surface area contributed by atoms with Crippen LogP contribution in [0.2, 0.25) is 0 Å². The molecular formula is C40H51N7O5. The number of likely N-dealkylation sites (tertiary alicyclic amines) is 2. The summed E-state index contributed by atoms with van der Waals surface area (Å²) in [7, 11) is 1.30. The number of carbonyl (C=O) groups excluding carboxylic acids is 3. The molecule has 12 heteroatoms. The Labute approximate surface area is 305 Å². The minimum absolute atomic E-state index is 0.0468. The van der Waals surface area contributed by atoms with Gasteiger partial charge in [0.05, 0.1) is 43.7 Å². The number of fused-ring (bicyclic) bond motifs is 2. The Hall–Kier alpha value is -4.87. The van der Waals surface area contributed by atoms with Crippen molar-refractivity contribution in [3.8, 4) is 22.4 Å². The summed E-state index contributed by atoms with van der Waals surface area (Å²) in [5.41, 5.74) is 4.73. The molecule has 2 aromatic carbocycles. The third-order valence-corrected chi connectivity index (χ3v) is 10.9. The highest BCUT2D eigenvalue weighted by atomic mass is 16.6. The Kier molecular flexibility index (Phi) is 9.75. The zero-order valence-electron chi connectivity index (χ0n) is 31.0. The SMILES string of the molecule is COC(=O)N[C@H](C(=O)N1CCC[C@H]1c1ncc(-c2ccc(-c3ccc(C4CN=C([C@@H]5[C@H]6CC[C@H](C6)N5C(=O)OC(C)(C)C)N4)cc3)cc2)[nH]1)C(C)C. The molecule has 0 spiro atoms. The number of alkyl carbamates (subject to hydrolysis) is 1. The normalized spacial score (nSPS) is 24.5. The summed E-state index contributed by atoms with van der Waals surface area (Å²) in [6.07, 6.45) is 5.79. The van der Waals surface area contributed by atoms with Crippen LogP contribution in [0.15, 0.2) is 59.7 Å². The second kappa shape index (κ2) is 14.3. The first-order valence-electron chi connectivity index (χ1n) is 18.6. The second-order valence-corrected chi connectivity index (χ2v) is 15.9. The molecule has 4 aliphatic rings. The molecule has 276 valence electrons. The fraction of sp³-hybridized carbons (Fsp3) is 0.525. The summed E-state index contributed by atoms with van der Waals surface area (Å²) < 4.78 is 10.6.